The first kappa shape index (κ1) is 17.0. The Hall–Kier alpha value is -2.48. The van der Waals surface area contributed by atoms with Crippen LogP contribution in [0.25, 0.3) is 0 Å². The lowest BCUT2D eigenvalue weighted by molar-refractivity contribution is -0.137. The number of aromatic nitrogens is 1. The summed E-state index contributed by atoms with van der Waals surface area (Å²) in [4.78, 5) is 8.68. The fraction of sp³-hybridized carbons (Fsp3) is 0.389. The van der Waals surface area contributed by atoms with E-state index < -0.39 is 11.7 Å². The first-order valence-corrected chi connectivity index (χ1v) is 8.61. The Balaban J connectivity index is 1.32. The zero-order chi connectivity index (χ0) is 18.1. The molecular weight excluding hydrogens is 343 g/mol. The van der Waals surface area contributed by atoms with Crippen LogP contribution in [0, 0.1) is 0 Å². The molecule has 3 heterocycles. The molecule has 1 aromatic carbocycles. The van der Waals surface area contributed by atoms with Gasteiger partial charge in [0.1, 0.15) is 6.17 Å². The van der Waals surface area contributed by atoms with Crippen molar-refractivity contribution < 1.29 is 13.2 Å². The molecule has 0 radical (unpaired) electrons. The van der Waals surface area contributed by atoms with Crippen LogP contribution in [0.4, 0.5) is 30.2 Å². The number of halogens is 3. The number of rotatable bonds is 3. The summed E-state index contributed by atoms with van der Waals surface area (Å²) in [6.45, 7) is 4.39. The Morgan fingerprint density at radius 2 is 1.65 bits per heavy atom. The summed E-state index contributed by atoms with van der Waals surface area (Å²) in [5.74, 6) is 0. The number of hydrogen-bond acceptors (Lipinski definition) is 5. The van der Waals surface area contributed by atoms with Crippen LogP contribution in [0.15, 0.2) is 42.7 Å². The lowest BCUT2D eigenvalue weighted by Crippen LogP contribution is -2.50. The summed E-state index contributed by atoms with van der Waals surface area (Å²) in [6.07, 6.45) is -0.819. The smallest absolute Gasteiger partial charge is 0.369 e. The summed E-state index contributed by atoms with van der Waals surface area (Å²) >= 11 is 0. The van der Waals surface area contributed by atoms with Gasteiger partial charge < -0.3 is 15.5 Å². The molecule has 5 nitrogen and oxygen atoms in total. The van der Waals surface area contributed by atoms with E-state index in [1.807, 2.05) is 12.1 Å². The van der Waals surface area contributed by atoms with Gasteiger partial charge in [0.05, 0.1) is 16.9 Å². The van der Waals surface area contributed by atoms with Crippen molar-refractivity contribution in [3.63, 3.8) is 0 Å². The summed E-state index contributed by atoms with van der Waals surface area (Å²) < 4.78 is 38.5. The molecule has 26 heavy (non-hydrogen) atoms. The van der Waals surface area contributed by atoms with Gasteiger partial charge in [0.15, 0.2) is 0 Å². The van der Waals surface area contributed by atoms with Crippen molar-refractivity contribution in [1.82, 2.24) is 9.88 Å². The van der Waals surface area contributed by atoms with Crippen molar-refractivity contribution in [3.8, 4) is 0 Å². The van der Waals surface area contributed by atoms with Gasteiger partial charge >= 0.3 is 6.18 Å². The second-order valence-electron chi connectivity index (χ2n) is 6.59. The number of fused-ring (bicyclic) bond motifs is 1. The van der Waals surface area contributed by atoms with Gasteiger partial charge in [-0.1, -0.05) is 0 Å². The van der Waals surface area contributed by atoms with Crippen molar-refractivity contribution in [1.29, 1.82) is 0 Å². The van der Waals surface area contributed by atoms with Crippen LogP contribution in [0.2, 0.25) is 0 Å². The van der Waals surface area contributed by atoms with Gasteiger partial charge in [-0.25, -0.2) is 0 Å². The van der Waals surface area contributed by atoms with Crippen molar-refractivity contribution in [2.75, 3.05) is 48.3 Å². The number of hydrogen-bond donors (Lipinski definition) is 2. The molecule has 1 atom stereocenters. The topological polar surface area (TPSA) is 43.4 Å². The Kier molecular flexibility index (Phi) is 4.36. The van der Waals surface area contributed by atoms with Gasteiger partial charge in [0.25, 0.3) is 0 Å². The van der Waals surface area contributed by atoms with Gasteiger partial charge in [0.2, 0.25) is 0 Å². The van der Waals surface area contributed by atoms with E-state index in [1.165, 1.54) is 17.8 Å². The monoisotopic (exact) mass is 363 g/mol. The molecule has 138 valence electrons. The van der Waals surface area contributed by atoms with Crippen molar-refractivity contribution >= 4 is 17.1 Å². The zero-order valence-corrected chi connectivity index (χ0v) is 14.1. The van der Waals surface area contributed by atoms with Crippen molar-refractivity contribution in [3.05, 3.63) is 48.3 Å². The average molecular weight is 363 g/mol. The largest absolute Gasteiger partial charge is 0.416 e. The van der Waals surface area contributed by atoms with E-state index in [4.69, 9.17) is 0 Å². The predicted molar refractivity (Wildman–Crippen MR) is 95.4 cm³/mol. The first-order valence-electron chi connectivity index (χ1n) is 8.61. The number of anilines is 3. The molecule has 0 aliphatic carbocycles. The zero-order valence-electron chi connectivity index (χ0n) is 14.1. The Labute approximate surface area is 149 Å². The molecule has 4 rings (SSSR count). The third kappa shape index (κ3) is 3.55. The molecule has 8 heteroatoms. The van der Waals surface area contributed by atoms with Crippen LogP contribution >= 0.6 is 0 Å². The van der Waals surface area contributed by atoms with E-state index in [2.05, 4.69) is 25.4 Å². The lowest BCUT2D eigenvalue weighted by Gasteiger charge is -2.37. The van der Waals surface area contributed by atoms with Gasteiger partial charge in [-0.05, 0) is 30.3 Å². The third-order valence-corrected chi connectivity index (χ3v) is 4.85. The minimum absolute atomic E-state index is 0.0824. The van der Waals surface area contributed by atoms with E-state index in [-0.39, 0.29) is 6.17 Å². The highest BCUT2D eigenvalue weighted by atomic mass is 19.4. The van der Waals surface area contributed by atoms with E-state index in [0.29, 0.717) is 5.69 Å². The molecule has 0 saturated carbocycles. The fourth-order valence-electron chi connectivity index (χ4n) is 3.47. The Bertz CT molecular complexity index is 757. The van der Waals surface area contributed by atoms with Crippen LogP contribution in [-0.2, 0) is 6.18 Å². The van der Waals surface area contributed by atoms with Crippen LogP contribution in [-0.4, -0.2) is 48.8 Å². The molecule has 1 fully saturated rings. The molecule has 1 aromatic heterocycles. The van der Waals surface area contributed by atoms with Gasteiger partial charge in [-0.3, -0.25) is 9.88 Å². The van der Waals surface area contributed by atoms with E-state index in [1.54, 1.807) is 12.4 Å². The highest BCUT2D eigenvalue weighted by molar-refractivity contribution is 5.75. The summed E-state index contributed by atoms with van der Waals surface area (Å²) in [6, 6.07) is 7.79. The molecule has 2 aromatic rings. The number of nitrogens with one attached hydrogen (secondary N) is 2. The van der Waals surface area contributed by atoms with Crippen LogP contribution in [0.5, 0.6) is 0 Å². The Morgan fingerprint density at radius 3 is 2.35 bits per heavy atom. The van der Waals surface area contributed by atoms with Gasteiger partial charge in [-0.2, -0.15) is 13.2 Å². The molecule has 2 aliphatic rings. The van der Waals surface area contributed by atoms with Crippen LogP contribution in [0.1, 0.15) is 5.56 Å². The summed E-state index contributed by atoms with van der Waals surface area (Å²) in [7, 11) is 0. The molecule has 1 saturated heterocycles. The predicted octanol–water partition coefficient (Wildman–Crippen LogP) is 3.09. The molecule has 0 bridgehead atoms. The summed E-state index contributed by atoms with van der Waals surface area (Å²) in [5.41, 5.74) is 1.78. The second kappa shape index (κ2) is 6.68. The number of alkyl halides is 3. The molecule has 2 aliphatic heterocycles. The summed E-state index contributed by atoms with van der Waals surface area (Å²) in [5, 5.41) is 6.42. The molecule has 1 unspecified atom stereocenters. The maximum atomic E-state index is 12.8. The van der Waals surface area contributed by atoms with E-state index >= 15 is 0 Å². The van der Waals surface area contributed by atoms with Crippen LogP contribution < -0.4 is 15.5 Å². The molecule has 0 amide bonds. The second-order valence-corrected chi connectivity index (χ2v) is 6.59. The number of pyridine rings is 1. The first-order chi connectivity index (χ1) is 12.5. The van der Waals surface area contributed by atoms with E-state index in [9.17, 15) is 13.2 Å². The third-order valence-electron chi connectivity index (χ3n) is 4.85. The SMILES string of the molecule is FC(F)(F)c1ccc2c(c1)NC(CN1CCN(c3ccncc3)CC1)N2. The lowest BCUT2D eigenvalue weighted by atomic mass is 10.2. The normalized spacial score (nSPS) is 20.4. The Morgan fingerprint density at radius 1 is 0.962 bits per heavy atom. The van der Waals surface area contributed by atoms with Crippen LogP contribution in [0.3, 0.4) is 0 Å². The number of nitrogens with zero attached hydrogens (tertiary/aromatic N) is 3. The molecular formula is C18H20F3N5. The molecule has 2 N–H and O–H groups in total. The van der Waals surface area contributed by atoms with E-state index in [0.717, 1.165) is 44.5 Å². The average Bonchev–Trinajstić information content (AvgIpc) is 3.04. The number of benzene rings is 1. The van der Waals surface area contributed by atoms with Crippen molar-refractivity contribution in [2.24, 2.45) is 0 Å². The highest BCUT2D eigenvalue weighted by Gasteiger charge is 2.33. The maximum Gasteiger partial charge on any atom is 0.416 e. The minimum Gasteiger partial charge on any atom is -0.369 e. The number of piperazine rings is 1. The van der Waals surface area contributed by atoms with Gasteiger partial charge in [-0.15, -0.1) is 0 Å². The quantitative estimate of drug-likeness (QED) is 0.877. The molecule has 0 spiro atoms. The maximum absolute atomic E-state index is 12.8. The minimum atomic E-state index is -4.32. The standard InChI is InChI=1S/C18H20F3N5/c19-18(20,21)13-1-2-15-16(11-13)24-17(23-15)12-25-7-9-26(10-8-25)14-3-5-22-6-4-14/h1-6,11,17,23-24H,7-10,12H2. The highest BCUT2D eigenvalue weighted by Crippen LogP contribution is 2.36. The van der Waals surface area contributed by atoms with Crippen molar-refractivity contribution in [2.45, 2.75) is 12.3 Å². The van der Waals surface area contributed by atoms with Gasteiger partial charge in [0, 0.05) is 50.8 Å². The fourth-order valence-corrected chi connectivity index (χ4v) is 3.47.